The first kappa shape index (κ1) is 17.0. The first-order chi connectivity index (χ1) is 12.5. The van der Waals surface area contributed by atoms with Gasteiger partial charge in [0.15, 0.2) is 0 Å². The number of amides is 2. The van der Waals surface area contributed by atoms with Gasteiger partial charge in [-0.25, -0.2) is 9.18 Å². The third-order valence-corrected chi connectivity index (χ3v) is 5.67. The average molecular weight is 353 g/mol. The van der Waals surface area contributed by atoms with Crippen molar-refractivity contribution in [3.05, 3.63) is 48.0 Å². The minimum absolute atomic E-state index is 0.0225. The molecule has 1 unspecified atom stereocenters. The first-order valence-electron chi connectivity index (χ1n) is 9.38. The van der Waals surface area contributed by atoms with Gasteiger partial charge in [0, 0.05) is 29.5 Å². The molecule has 3 atom stereocenters. The summed E-state index contributed by atoms with van der Waals surface area (Å²) in [5.74, 6) is 0.347. The molecule has 2 aromatic rings. The van der Waals surface area contributed by atoms with Crippen LogP contribution in [0.4, 0.5) is 14.9 Å². The zero-order chi connectivity index (χ0) is 18.3. The van der Waals surface area contributed by atoms with Gasteiger partial charge in [0.05, 0.1) is 6.20 Å². The van der Waals surface area contributed by atoms with Crippen LogP contribution in [0.3, 0.4) is 0 Å². The van der Waals surface area contributed by atoms with Gasteiger partial charge in [0.1, 0.15) is 5.82 Å². The molecule has 2 bridgehead atoms. The number of urea groups is 1. The van der Waals surface area contributed by atoms with Crippen LogP contribution < -0.4 is 5.32 Å². The minimum atomic E-state index is -0.360. The third kappa shape index (κ3) is 3.06. The summed E-state index contributed by atoms with van der Waals surface area (Å²) in [6.07, 6.45) is 7.01. The SMILES string of the molecule is CCc1ccc(NC(=O)N2C3C[C@H](C)C[C@H]2C3)cc1-c1cncc(F)c1. The number of nitrogens with one attached hydrogen (secondary N) is 1. The van der Waals surface area contributed by atoms with Crippen LogP contribution in [0.5, 0.6) is 0 Å². The lowest BCUT2D eigenvalue weighted by Gasteiger charge is -2.54. The number of piperidine rings is 1. The molecule has 1 aromatic carbocycles. The zero-order valence-corrected chi connectivity index (χ0v) is 15.2. The van der Waals surface area contributed by atoms with E-state index < -0.39 is 0 Å². The molecule has 1 aromatic heterocycles. The average Bonchev–Trinajstić information content (AvgIpc) is 2.61. The molecule has 26 heavy (non-hydrogen) atoms. The summed E-state index contributed by atoms with van der Waals surface area (Å²) in [6.45, 7) is 4.32. The van der Waals surface area contributed by atoms with Gasteiger partial charge in [-0.05, 0) is 60.9 Å². The van der Waals surface area contributed by atoms with E-state index in [9.17, 15) is 9.18 Å². The van der Waals surface area contributed by atoms with Crippen molar-refractivity contribution in [1.29, 1.82) is 0 Å². The van der Waals surface area contributed by atoms with Crippen molar-refractivity contribution in [1.82, 2.24) is 9.88 Å². The number of hydrogen-bond donors (Lipinski definition) is 1. The van der Waals surface area contributed by atoms with E-state index in [-0.39, 0.29) is 11.8 Å². The van der Waals surface area contributed by atoms with Crippen LogP contribution >= 0.6 is 0 Å². The maximum Gasteiger partial charge on any atom is 0.322 e. The summed E-state index contributed by atoms with van der Waals surface area (Å²) in [4.78, 5) is 18.7. The van der Waals surface area contributed by atoms with Crippen molar-refractivity contribution in [2.75, 3.05) is 5.32 Å². The molecule has 0 radical (unpaired) electrons. The lowest BCUT2D eigenvalue weighted by molar-refractivity contribution is -0.00600. The fourth-order valence-electron chi connectivity index (χ4n) is 4.46. The molecule has 2 aliphatic rings. The van der Waals surface area contributed by atoms with Gasteiger partial charge < -0.3 is 10.2 Å². The van der Waals surface area contributed by atoms with Crippen LogP contribution in [0.15, 0.2) is 36.7 Å². The number of fused-ring (bicyclic) bond motifs is 2. The number of pyridine rings is 1. The standard InChI is InChI=1S/C21H24FN3O/c1-3-14-4-5-17(9-20(14)15-8-16(22)12-23-11-15)24-21(26)25-18-6-13(2)7-19(25)10-18/h4-5,8-9,11-13,18-19H,3,6-7,10H2,1-2H3,(H,24,26)/t13-,18+,19?/m1/s1. The zero-order valence-electron chi connectivity index (χ0n) is 15.2. The Kier molecular flexibility index (Phi) is 4.39. The van der Waals surface area contributed by atoms with Crippen molar-refractivity contribution >= 4 is 11.7 Å². The van der Waals surface area contributed by atoms with Crippen molar-refractivity contribution in [2.24, 2.45) is 5.92 Å². The largest absolute Gasteiger partial charge is 0.322 e. The number of benzene rings is 1. The third-order valence-electron chi connectivity index (χ3n) is 5.67. The van der Waals surface area contributed by atoms with Gasteiger partial charge in [-0.2, -0.15) is 0 Å². The number of halogens is 1. The Morgan fingerprint density at radius 1 is 1.23 bits per heavy atom. The van der Waals surface area contributed by atoms with Gasteiger partial charge in [-0.3, -0.25) is 4.98 Å². The van der Waals surface area contributed by atoms with Crippen molar-refractivity contribution < 1.29 is 9.18 Å². The molecular weight excluding hydrogens is 329 g/mol. The van der Waals surface area contributed by atoms with Gasteiger partial charge in [-0.1, -0.05) is 19.9 Å². The van der Waals surface area contributed by atoms with Crippen molar-refractivity contribution in [3.8, 4) is 11.1 Å². The lowest BCUT2D eigenvalue weighted by Crippen LogP contribution is -2.63. The molecular formula is C21H24FN3O. The maximum absolute atomic E-state index is 13.6. The molecule has 4 rings (SSSR count). The quantitative estimate of drug-likeness (QED) is 0.857. The number of nitrogens with zero attached hydrogens (tertiary/aromatic N) is 2. The van der Waals surface area contributed by atoms with Gasteiger partial charge in [-0.15, -0.1) is 0 Å². The minimum Gasteiger partial charge on any atom is -0.318 e. The molecule has 136 valence electrons. The van der Waals surface area contributed by atoms with E-state index in [4.69, 9.17) is 0 Å². The molecule has 0 aliphatic carbocycles. The van der Waals surface area contributed by atoms with E-state index in [1.54, 1.807) is 6.20 Å². The fraction of sp³-hybridized carbons (Fsp3) is 0.429. The Hall–Kier alpha value is -2.43. The Morgan fingerprint density at radius 3 is 2.69 bits per heavy atom. The van der Waals surface area contributed by atoms with Gasteiger partial charge >= 0.3 is 6.03 Å². The maximum atomic E-state index is 13.6. The van der Waals surface area contributed by atoms with Crippen LogP contribution in [0.2, 0.25) is 0 Å². The molecule has 0 saturated carbocycles. The number of carbonyl (C=O) groups is 1. The van der Waals surface area contributed by atoms with Crippen molar-refractivity contribution in [2.45, 2.75) is 51.6 Å². The second-order valence-electron chi connectivity index (χ2n) is 7.57. The first-order valence-corrected chi connectivity index (χ1v) is 9.38. The Bertz CT molecular complexity index is 826. The highest BCUT2D eigenvalue weighted by atomic mass is 19.1. The van der Waals surface area contributed by atoms with E-state index in [1.165, 1.54) is 12.3 Å². The van der Waals surface area contributed by atoms with Gasteiger partial charge in [0.2, 0.25) is 0 Å². The number of anilines is 1. The highest BCUT2D eigenvalue weighted by molar-refractivity contribution is 5.91. The molecule has 0 spiro atoms. The second kappa shape index (κ2) is 6.71. The normalized spacial score (nSPS) is 24.1. The number of hydrogen-bond acceptors (Lipinski definition) is 2. The molecule has 5 heteroatoms. The Morgan fingerprint density at radius 2 is 2.00 bits per heavy atom. The van der Waals surface area contributed by atoms with Gasteiger partial charge in [0.25, 0.3) is 0 Å². The molecule has 2 fully saturated rings. The van der Waals surface area contributed by atoms with Crippen LogP contribution in [0, 0.1) is 11.7 Å². The van der Waals surface area contributed by atoms with Crippen LogP contribution in [0.1, 0.15) is 38.7 Å². The topological polar surface area (TPSA) is 45.2 Å². The van der Waals surface area contributed by atoms with E-state index in [1.807, 2.05) is 23.1 Å². The number of aryl methyl sites for hydroxylation is 1. The van der Waals surface area contributed by atoms with E-state index in [0.717, 1.165) is 48.1 Å². The monoisotopic (exact) mass is 353 g/mol. The molecule has 4 nitrogen and oxygen atoms in total. The van der Waals surface area contributed by atoms with E-state index in [0.29, 0.717) is 18.0 Å². The van der Waals surface area contributed by atoms with Crippen molar-refractivity contribution in [3.63, 3.8) is 0 Å². The fourth-order valence-corrected chi connectivity index (χ4v) is 4.46. The van der Waals surface area contributed by atoms with Crippen LogP contribution in [-0.4, -0.2) is 28.0 Å². The smallest absolute Gasteiger partial charge is 0.318 e. The summed E-state index contributed by atoms with van der Waals surface area (Å²) in [5.41, 5.74) is 3.48. The Balaban J connectivity index is 1.56. The molecule has 1 N–H and O–H groups in total. The number of aromatic nitrogens is 1. The molecule has 2 amide bonds. The van der Waals surface area contributed by atoms with E-state index in [2.05, 4.69) is 24.1 Å². The Labute approximate surface area is 153 Å². The van der Waals surface area contributed by atoms with Crippen LogP contribution in [0.25, 0.3) is 11.1 Å². The summed E-state index contributed by atoms with van der Waals surface area (Å²) in [6, 6.07) is 8.06. The van der Waals surface area contributed by atoms with Crippen LogP contribution in [-0.2, 0) is 6.42 Å². The molecule has 2 aliphatic heterocycles. The highest BCUT2D eigenvalue weighted by Gasteiger charge is 2.46. The lowest BCUT2D eigenvalue weighted by atomic mass is 9.74. The predicted octanol–water partition coefficient (Wildman–Crippen LogP) is 4.85. The number of rotatable bonds is 3. The summed E-state index contributed by atoms with van der Waals surface area (Å²) < 4.78 is 13.6. The summed E-state index contributed by atoms with van der Waals surface area (Å²) in [5, 5.41) is 3.04. The molecule has 3 heterocycles. The predicted molar refractivity (Wildman–Crippen MR) is 100 cm³/mol. The summed E-state index contributed by atoms with van der Waals surface area (Å²) >= 11 is 0. The number of carbonyl (C=O) groups excluding carboxylic acids is 1. The van der Waals surface area contributed by atoms with E-state index >= 15 is 0 Å². The second-order valence-corrected chi connectivity index (χ2v) is 7.57. The molecule has 2 saturated heterocycles. The summed E-state index contributed by atoms with van der Waals surface area (Å²) in [7, 11) is 0. The highest BCUT2D eigenvalue weighted by Crippen LogP contribution is 2.41.